The maximum absolute atomic E-state index is 12.5. The van der Waals surface area contributed by atoms with Crippen molar-refractivity contribution in [3.05, 3.63) is 24.0 Å². The van der Waals surface area contributed by atoms with E-state index in [1.165, 1.54) is 0 Å². The number of hydrogen-bond acceptors (Lipinski definition) is 3. The highest BCUT2D eigenvalue weighted by Crippen LogP contribution is 2.35. The maximum Gasteiger partial charge on any atom is 0.232 e. The van der Waals surface area contributed by atoms with Crippen LogP contribution in [0.2, 0.25) is 0 Å². The molecule has 0 aliphatic carbocycles. The van der Waals surface area contributed by atoms with E-state index >= 15 is 0 Å². The highest BCUT2D eigenvalue weighted by Gasteiger charge is 2.43. The van der Waals surface area contributed by atoms with Crippen LogP contribution in [0.1, 0.15) is 25.8 Å². The number of nitrogens with zero attached hydrogens (tertiary/aromatic N) is 1. The van der Waals surface area contributed by atoms with Gasteiger partial charge in [-0.2, -0.15) is 0 Å². The van der Waals surface area contributed by atoms with Crippen LogP contribution >= 0.6 is 0 Å². The van der Waals surface area contributed by atoms with E-state index in [0.717, 1.165) is 30.8 Å². The van der Waals surface area contributed by atoms with Gasteiger partial charge in [0, 0.05) is 12.7 Å². The summed E-state index contributed by atoms with van der Waals surface area (Å²) in [5.74, 6) is 0.431. The molecule has 2 N–H and O–H groups in total. The van der Waals surface area contributed by atoms with E-state index in [1.54, 1.807) is 12.4 Å². The summed E-state index contributed by atoms with van der Waals surface area (Å²) < 4.78 is 0. The number of pyridine rings is 1. The lowest BCUT2D eigenvalue weighted by Crippen LogP contribution is -2.42. The number of rotatable bonds is 3. The minimum Gasteiger partial charge on any atom is -0.324 e. The normalized spacial score (nSPS) is 23.3. The summed E-state index contributed by atoms with van der Waals surface area (Å²) in [5.41, 5.74) is 1.55. The highest BCUT2D eigenvalue weighted by atomic mass is 16.2. The Morgan fingerprint density at radius 1 is 1.50 bits per heavy atom. The Kier molecular flexibility index (Phi) is 3.66. The van der Waals surface area contributed by atoms with Gasteiger partial charge in [0.1, 0.15) is 0 Å². The van der Waals surface area contributed by atoms with E-state index in [9.17, 15) is 4.79 Å². The van der Waals surface area contributed by atoms with Gasteiger partial charge in [0.15, 0.2) is 0 Å². The average molecular weight is 247 g/mol. The van der Waals surface area contributed by atoms with Crippen LogP contribution in [-0.2, 0) is 4.79 Å². The third kappa shape index (κ3) is 2.38. The molecule has 4 heteroatoms. The molecule has 98 valence electrons. The maximum atomic E-state index is 12.5. The molecule has 1 saturated heterocycles. The van der Waals surface area contributed by atoms with Gasteiger partial charge in [-0.15, -0.1) is 0 Å². The summed E-state index contributed by atoms with van der Waals surface area (Å²) in [5, 5.41) is 6.30. The van der Waals surface area contributed by atoms with E-state index in [0.29, 0.717) is 5.92 Å². The van der Waals surface area contributed by atoms with Crippen LogP contribution in [0, 0.1) is 18.3 Å². The van der Waals surface area contributed by atoms with E-state index in [4.69, 9.17) is 0 Å². The van der Waals surface area contributed by atoms with Gasteiger partial charge in [-0.3, -0.25) is 9.78 Å². The molecule has 18 heavy (non-hydrogen) atoms. The van der Waals surface area contributed by atoms with E-state index in [-0.39, 0.29) is 11.3 Å². The molecule has 0 bridgehead atoms. The third-order valence-corrected chi connectivity index (χ3v) is 3.88. The van der Waals surface area contributed by atoms with Crippen molar-refractivity contribution < 1.29 is 4.79 Å². The number of hydrogen-bond donors (Lipinski definition) is 2. The Bertz CT molecular complexity index is 436. The Morgan fingerprint density at radius 3 is 2.83 bits per heavy atom. The Hall–Kier alpha value is -1.42. The van der Waals surface area contributed by atoms with E-state index < -0.39 is 0 Å². The van der Waals surface area contributed by atoms with Gasteiger partial charge < -0.3 is 10.6 Å². The van der Waals surface area contributed by atoms with E-state index in [1.807, 2.05) is 13.0 Å². The zero-order valence-corrected chi connectivity index (χ0v) is 11.3. The van der Waals surface area contributed by atoms with Gasteiger partial charge in [-0.25, -0.2) is 0 Å². The minimum atomic E-state index is -0.288. The number of aryl methyl sites for hydroxylation is 1. The lowest BCUT2D eigenvalue weighted by atomic mass is 9.75. The van der Waals surface area contributed by atoms with Crippen molar-refractivity contribution in [2.45, 2.75) is 27.2 Å². The average Bonchev–Trinajstić information content (AvgIpc) is 2.79. The molecular formula is C14H21N3O. The van der Waals surface area contributed by atoms with Crippen LogP contribution in [0.5, 0.6) is 0 Å². The van der Waals surface area contributed by atoms with Gasteiger partial charge >= 0.3 is 0 Å². The smallest absolute Gasteiger partial charge is 0.232 e. The van der Waals surface area contributed by atoms with Crippen LogP contribution in [0.4, 0.5) is 5.69 Å². The number of nitrogens with one attached hydrogen (secondary N) is 2. The summed E-state index contributed by atoms with van der Waals surface area (Å²) >= 11 is 0. The van der Waals surface area contributed by atoms with Gasteiger partial charge in [0.25, 0.3) is 0 Å². The first-order valence-electron chi connectivity index (χ1n) is 6.48. The fraction of sp³-hybridized carbons (Fsp3) is 0.571. The van der Waals surface area contributed by atoms with Gasteiger partial charge in [0.05, 0.1) is 17.3 Å². The standard InChI is InChI=1S/C14H21N3O/c1-10(2)14(4-5-15-9-14)13(18)17-12-6-11(3)7-16-8-12/h6-8,10,15H,4-5,9H2,1-3H3,(H,17,18). The molecule has 2 heterocycles. The number of amides is 1. The van der Waals surface area contributed by atoms with Crippen LogP contribution in [0.25, 0.3) is 0 Å². The second kappa shape index (κ2) is 5.06. The molecule has 1 atom stereocenters. The Labute approximate surface area is 108 Å². The van der Waals surface area contributed by atoms with Crippen LogP contribution < -0.4 is 10.6 Å². The Balaban J connectivity index is 2.16. The minimum absolute atomic E-state index is 0.106. The molecule has 4 nitrogen and oxygen atoms in total. The summed E-state index contributed by atoms with van der Waals surface area (Å²) in [7, 11) is 0. The molecular weight excluding hydrogens is 226 g/mol. The molecule has 0 spiro atoms. The molecule has 1 fully saturated rings. The number of carbonyl (C=O) groups is 1. The van der Waals surface area contributed by atoms with Crippen molar-refractivity contribution in [2.24, 2.45) is 11.3 Å². The van der Waals surface area contributed by atoms with Gasteiger partial charge in [-0.1, -0.05) is 13.8 Å². The molecule has 1 aromatic rings. The fourth-order valence-electron chi connectivity index (χ4n) is 2.54. The van der Waals surface area contributed by atoms with Crippen molar-refractivity contribution in [1.29, 1.82) is 0 Å². The topological polar surface area (TPSA) is 54.0 Å². The molecule has 2 rings (SSSR count). The first-order valence-corrected chi connectivity index (χ1v) is 6.48. The molecule has 1 amide bonds. The van der Waals surface area contributed by atoms with Gasteiger partial charge in [0.2, 0.25) is 5.91 Å². The van der Waals surface area contributed by atoms with Crippen molar-refractivity contribution in [3.8, 4) is 0 Å². The molecule has 1 aromatic heterocycles. The second-order valence-corrected chi connectivity index (χ2v) is 5.44. The monoisotopic (exact) mass is 247 g/mol. The molecule has 1 aliphatic heterocycles. The van der Waals surface area contributed by atoms with Crippen molar-refractivity contribution in [3.63, 3.8) is 0 Å². The van der Waals surface area contributed by atoms with Crippen LogP contribution in [0.3, 0.4) is 0 Å². The largest absolute Gasteiger partial charge is 0.324 e. The first-order chi connectivity index (χ1) is 8.54. The zero-order chi connectivity index (χ0) is 13.2. The predicted octanol–water partition coefficient (Wildman–Crippen LogP) is 1.96. The Morgan fingerprint density at radius 2 is 2.28 bits per heavy atom. The molecule has 0 saturated carbocycles. The second-order valence-electron chi connectivity index (χ2n) is 5.44. The number of aromatic nitrogens is 1. The quantitative estimate of drug-likeness (QED) is 0.858. The van der Waals surface area contributed by atoms with Crippen molar-refractivity contribution in [1.82, 2.24) is 10.3 Å². The SMILES string of the molecule is Cc1cncc(NC(=O)C2(C(C)C)CCNC2)c1. The van der Waals surface area contributed by atoms with Gasteiger partial charge in [-0.05, 0) is 37.4 Å². The molecule has 1 aliphatic rings. The van der Waals surface area contributed by atoms with Crippen LogP contribution in [-0.4, -0.2) is 24.0 Å². The van der Waals surface area contributed by atoms with E-state index in [2.05, 4.69) is 29.5 Å². The first kappa shape index (κ1) is 13.0. The molecule has 0 aromatic carbocycles. The number of anilines is 1. The summed E-state index contributed by atoms with van der Waals surface area (Å²) in [4.78, 5) is 16.6. The summed E-state index contributed by atoms with van der Waals surface area (Å²) in [6.45, 7) is 7.87. The lowest BCUT2D eigenvalue weighted by molar-refractivity contribution is -0.126. The zero-order valence-electron chi connectivity index (χ0n) is 11.3. The molecule has 0 radical (unpaired) electrons. The van der Waals surface area contributed by atoms with Crippen molar-refractivity contribution in [2.75, 3.05) is 18.4 Å². The number of carbonyl (C=O) groups excluding carboxylic acids is 1. The summed E-state index contributed by atoms with van der Waals surface area (Å²) in [6.07, 6.45) is 4.38. The molecule has 1 unspecified atom stereocenters. The highest BCUT2D eigenvalue weighted by molar-refractivity contribution is 5.95. The predicted molar refractivity (Wildman–Crippen MR) is 72.4 cm³/mol. The third-order valence-electron chi connectivity index (χ3n) is 3.88. The fourth-order valence-corrected chi connectivity index (χ4v) is 2.54. The lowest BCUT2D eigenvalue weighted by Gasteiger charge is -2.31. The van der Waals surface area contributed by atoms with Crippen molar-refractivity contribution >= 4 is 11.6 Å². The van der Waals surface area contributed by atoms with Crippen LogP contribution in [0.15, 0.2) is 18.5 Å². The summed E-state index contributed by atoms with van der Waals surface area (Å²) in [6, 6.07) is 1.95.